The van der Waals surface area contributed by atoms with Gasteiger partial charge >= 0.3 is 5.92 Å². The lowest BCUT2D eigenvalue weighted by atomic mass is 10.0. The normalized spacial score (nSPS) is 12.4. The molecular formula is C21H26F2N4O3. The number of benzene rings is 1. The van der Waals surface area contributed by atoms with E-state index in [9.17, 15) is 18.4 Å². The SMILES string of the molecule is CC(C)C(COc1ccc(Nc2ccc(=O)n(C)c2)c(C=N)c1)NC(=O)C(C)(F)F. The highest BCUT2D eigenvalue weighted by atomic mass is 19.3. The van der Waals surface area contributed by atoms with Crippen LogP contribution in [0.5, 0.6) is 5.75 Å². The molecule has 0 aliphatic carbocycles. The summed E-state index contributed by atoms with van der Waals surface area (Å²) < 4.78 is 33.5. The molecule has 1 atom stereocenters. The minimum absolute atomic E-state index is 0.00446. The largest absolute Gasteiger partial charge is 0.491 e. The van der Waals surface area contributed by atoms with Gasteiger partial charge in [0.05, 0.1) is 11.7 Å². The minimum Gasteiger partial charge on any atom is -0.491 e. The second-order valence-electron chi connectivity index (χ2n) is 7.41. The van der Waals surface area contributed by atoms with E-state index >= 15 is 0 Å². The fraction of sp³-hybridized carbons (Fsp3) is 0.381. The number of carbonyl (C=O) groups is 1. The van der Waals surface area contributed by atoms with Gasteiger partial charge in [0, 0.05) is 43.7 Å². The highest BCUT2D eigenvalue weighted by Gasteiger charge is 2.34. The molecule has 0 fully saturated rings. The van der Waals surface area contributed by atoms with Gasteiger partial charge in [-0.05, 0) is 30.2 Å². The summed E-state index contributed by atoms with van der Waals surface area (Å²) in [5, 5.41) is 13.1. The average Bonchev–Trinajstić information content (AvgIpc) is 2.67. The Morgan fingerprint density at radius 3 is 2.57 bits per heavy atom. The molecular weight excluding hydrogens is 394 g/mol. The van der Waals surface area contributed by atoms with E-state index in [0.717, 1.165) is 6.21 Å². The van der Waals surface area contributed by atoms with Gasteiger partial charge in [-0.1, -0.05) is 13.8 Å². The highest BCUT2D eigenvalue weighted by molar-refractivity contribution is 5.88. The summed E-state index contributed by atoms with van der Waals surface area (Å²) in [7, 11) is 1.64. The summed E-state index contributed by atoms with van der Waals surface area (Å²) in [6.07, 6.45) is 2.79. The lowest BCUT2D eigenvalue weighted by Gasteiger charge is -2.24. The Bertz CT molecular complexity index is 967. The number of nitrogens with one attached hydrogen (secondary N) is 3. The third kappa shape index (κ3) is 6.13. The Labute approximate surface area is 173 Å². The highest BCUT2D eigenvalue weighted by Crippen LogP contribution is 2.24. The number of pyridine rings is 1. The van der Waals surface area contributed by atoms with Crippen molar-refractivity contribution in [2.75, 3.05) is 11.9 Å². The fourth-order valence-corrected chi connectivity index (χ4v) is 2.57. The fourth-order valence-electron chi connectivity index (χ4n) is 2.57. The van der Waals surface area contributed by atoms with Crippen molar-refractivity contribution in [2.24, 2.45) is 13.0 Å². The van der Waals surface area contributed by atoms with Crippen LogP contribution in [0.3, 0.4) is 0 Å². The molecule has 0 saturated heterocycles. The Morgan fingerprint density at radius 1 is 1.30 bits per heavy atom. The van der Waals surface area contributed by atoms with Crippen LogP contribution in [-0.2, 0) is 11.8 Å². The molecule has 0 spiro atoms. The minimum atomic E-state index is -3.46. The number of nitrogens with zero attached hydrogens (tertiary/aromatic N) is 1. The zero-order valence-corrected chi connectivity index (χ0v) is 17.3. The molecule has 162 valence electrons. The maximum Gasteiger partial charge on any atom is 0.321 e. The van der Waals surface area contributed by atoms with Crippen molar-refractivity contribution in [3.8, 4) is 5.75 Å². The Hall–Kier alpha value is -3.23. The van der Waals surface area contributed by atoms with Crippen molar-refractivity contribution in [2.45, 2.75) is 32.7 Å². The van der Waals surface area contributed by atoms with Gasteiger partial charge in [0.25, 0.3) is 5.91 Å². The molecule has 1 amide bonds. The van der Waals surface area contributed by atoms with Crippen LogP contribution in [0.25, 0.3) is 0 Å². The van der Waals surface area contributed by atoms with Gasteiger partial charge < -0.3 is 25.3 Å². The van der Waals surface area contributed by atoms with Crippen LogP contribution in [0.15, 0.2) is 41.3 Å². The lowest BCUT2D eigenvalue weighted by molar-refractivity contribution is -0.144. The van der Waals surface area contributed by atoms with E-state index in [2.05, 4.69) is 10.6 Å². The molecule has 0 bridgehead atoms. The maximum absolute atomic E-state index is 13.2. The van der Waals surface area contributed by atoms with Gasteiger partial charge in [0.2, 0.25) is 5.56 Å². The van der Waals surface area contributed by atoms with Gasteiger partial charge in [-0.25, -0.2) is 0 Å². The van der Waals surface area contributed by atoms with Crippen molar-refractivity contribution in [3.63, 3.8) is 0 Å². The second kappa shape index (κ2) is 9.51. The Morgan fingerprint density at radius 2 is 2.00 bits per heavy atom. The number of amides is 1. The van der Waals surface area contributed by atoms with Gasteiger partial charge in [0.1, 0.15) is 12.4 Å². The first-order valence-corrected chi connectivity index (χ1v) is 9.41. The number of aromatic nitrogens is 1. The number of hydrogen-bond donors (Lipinski definition) is 3. The van der Waals surface area contributed by atoms with Crippen molar-refractivity contribution < 1.29 is 18.3 Å². The van der Waals surface area contributed by atoms with Crippen molar-refractivity contribution in [3.05, 3.63) is 52.4 Å². The van der Waals surface area contributed by atoms with E-state index in [0.29, 0.717) is 29.6 Å². The molecule has 30 heavy (non-hydrogen) atoms. The summed E-state index contributed by atoms with van der Waals surface area (Å²) >= 11 is 0. The number of halogens is 2. The number of anilines is 2. The molecule has 0 aliphatic rings. The lowest BCUT2D eigenvalue weighted by Crippen LogP contribution is -2.48. The van der Waals surface area contributed by atoms with Crippen LogP contribution >= 0.6 is 0 Å². The van der Waals surface area contributed by atoms with Gasteiger partial charge in [-0.15, -0.1) is 0 Å². The Balaban J connectivity index is 2.11. The maximum atomic E-state index is 13.2. The number of alkyl halides is 2. The molecule has 1 aromatic carbocycles. The quantitative estimate of drug-likeness (QED) is 0.543. The zero-order valence-electron chi connectivity index (χ0n) is 17.3. The zero-order chi connectivity index (χ0) is 22.5. The summed E-state index contributed by atoms with van der Waals surface area (Å²) in [4.78, 5) is 23.1. The van der Waals surface area contributed by atoms with Crippen LogP contribution in [0.2, 0.25) is 0 Å². The number of ether oxygens (including phenoxy) is 1. The Kier molecular flexibility index (Phi) is 7.31. The summed E-state index contributed by atoms with van der Waals surface area (Å²) in [5.74, 6) is -4.50. The molecule has 0 radical (unpaired) electrons. The molecule has 1 aromatic heterocycles. The van der Waals surface area contributed by atoms with E-state index in [1.54, 1.807) is 51.4 Å². The smallest absolute Gasteiger partial charge is 0.321 e. The van der Waals surface area contributed by atoms with Crippen molar-refractivity contribution >= 4 is 23.5 Å². The van der Waals surface area contributed by atoms with E-state index in [1.165, 1.54) is 10.6 Å². The summed E-state index contributed by atoms with van der Waals surface area (Å²) in [6.45, 7) is 4.15. The van der Waals surface area contributed by atoms with Crippen LogP contribution in [0.1, 0.15) is 26.3 Å². The first-order valence-electron chi connectivity index (χ1n) is 9.41. The predicted molar refractivity (Wildman–Crippen MR) is 112 cm³/mol. The van der Waals surface area contributed by atoms with Crippen LogP contribution < -0.4 is 20.9 Å². The topological polar surface area (TPSA) is 96.2 Å². The molecule has 9 heteroatoms. The number of carbonyl (C=O) groups excluding carboxylic acids is 1. The van der Waals surface area contributed by atoms with Gasteiger partial charge in [-0.2, -0.15) is 8.78 Å². The van der Waals surface area contributed by atoms with E-state index in [1.807, 2.05) is 0 Å². The molecule has 2 rings (SSSR count). The van der Waals surface area contributed by atoms with E-state index < -0.39 is 17.9 Å². The average molecular weight is 420 g/mol. The third-order valence-corrected chi connectivity index (χ3v) is 4.49. The van der Waals surface area contributed by atoms with Crippen molar-refractivity contribution in [1.82, 2.24) is 9.88 Å². The molecule has 7 nitrogen and oxygen atoms in total. The van der Waals surface area contributed by atoms with Crippen molar-refractivity contribution in [1.29, 1.82) is 5.41 Å². The summed E-state index contributed by atoms with van der Waals surface area (Å²) in [5.41, 5.74) is 1.71. The number of rotatable bonds is 9. The molecule has 1 unspecified atom stereocenters. The van der Waals surface area contributed by atoms with E-state index in [-0.39, 0.29) is 18.1 Å². The first-order chi connectivity index (χ1) is 14.0. The molecule has 3 N–H and O–H groups in total. The first kappa shape index (κ1) is 23.1. The van der Waals surface area contributed by atoms with Gasteiger partial charge in [0.15, 0.2) is 0 Å². The predicted octanol–water partition coefficient (Wildman–Crippen LogP) is 3.30. The summed E-state index contributed by atoms with van der Waals surface area (Å²) in [6, 6.07) is 7.49. The molecule has 2 aromatic rings. The van der Waals surface area contributed by atoms with Crippen LogP contribution in [0.4, 0.5) is 20.2 Å². The molecule has 0 saturated carbocycles. The van der Waals surface area contributed by atoms with Crippen LogP contribution in [-0.4, -0.2) is 35.3 Å². The second-order valence-corrected chi connectivity index (χ2v) is 7.41. The number of hydrogen-bond acceptors (Lipinski definition) is 5. The van der Waals surface area contributed by atoms with Crippen LogP contribution in [0, 0.1) is 11.3 Å². The molecule has 1 heterocycles. The standard InChI is InChI=1S/C21H26F2N4O3/c1-13(2)18(26-20(29)21(3,22)23)12-30-16-6-7-17(14(9-16)10-24)25-15-5-8-19(28)27(4)11-15/h5-11,13,18,24-25H,12H2,1-4H3,(H,26,29). The van der Waals surface area contributed by atoms with E-state index in [4.69, 9.17) is 10.1 Å². The van der Waals surface area contributed by atoms with Gasteiger partial charge in [-0.3, -0.25) is 9.59 Å². The number of aryl methyl sites for hydroxylation is 1. The third-order valence-electron chi connectivity index (χ3n) is 4.49. The molecule has 0 aliphatic heterocycles. The monoisotopic (exact) mass is 420 g/mol.